The number of hydrogen-bond donors (Lipinski definition) is 2. The Morgan fingerprint density at radius 1 is 1.31 bits per heavy atom. The minimum absolute atomic E-state index is 0.0545. The summed E-state index contributed by atoms with van der Waals surface area (Å²) in [5.74, 6) is -2.43. The number of aryl methyl sites for hydroxylation is 2. The zero-order valence-corrected chi connectivity index (χ0v) is 14.4. The van der Waals surface area contributed by atoms with Crippen molar-refractivity contribution in [2.24, 2.45) is 5.92 Å². The molecule has 1 heterocycles. The molecule has 2 rings (SSSR count). The molecular formula is C18H19N3O5. The monoisotopic (exact) mass is 357 g/mol. The van der Waals surface area contributed by atoms with Gasteiger partial charge in [-0.25, -0.2) is 0 Å². The van der Waals surface area contributed by atoms with Crippen LogP contribution in [-0.4, -0.2) is 33.4 Å². The molecule has 0 aliphatic rings. The molecule has 1 aromatic carbocycles. The lowest BCUT2D eigenvalue weighted by Gasteiger charge is -2.14. The normalized spacial score (nSPS) is 11.6. The van der Waals surface area contributed by atoms with Crippen molar-refractivity contribution in [1.29, 1.82) is 0 Å². The summed E-state index contributed by atoms with van der Waals surface area (Å²) in [6, 6.07) is 8.62. The Labute approximate surface area is 150 Å². The van der Waals surface area contributed by atoms with Crippen molar-refractivity contribution in [2.45, 2.75) is 20.3 Å². The second-order valence-corrected chi connectivity index (χ2v) is 6.02. The lowest BCUT2D eigenvalue weighted by atomic mass is 9.98. The third-order valence-electron chi connectivity index (χ3n) is 3.95. The Morgan fingerprint density at radius 2 is 2.04 bits per heavy atom. The van der Waals surface area contributed by atoms with Crippen LogP contribution in [0.4, 0.5) is 5.69 Å². The molecule has 136 valence electrons. The van der Waals surface area contributed by atoms with E-state index in [1.165, 1.54) is 0 Å². The van der Waals surface area contributed by atoms with Gasteiger partial charge in [0.1, 0.15) is 6.20 Å². The van der Waals surface area contributed by atoms with E-state index in [2.05, 4.69) is 10.3 Å². The van der Waals surface area contributed by atoms with Crippen molar-refractivity contribution in [2.75, 3.05) is 6.54 Å². The third kappa shape index (κ3) is 4.85. The van der Waals surface area contributed by atoms with E-state index in [4.69, 9.17) is 0 Å². The number of carboxylic acid groups (broad SMARTS) is 1. The maximum Gasteiger partial charge on any atom is 0.308 e. The number of carbonyl (C=O) groups excluding carboxylic acids is 1. The van der Waals surface area contributed by atoms with Gasteiger partial charge in [0.05, 0.1) is 22.1 Å². The molecule has 2 aromatic rings. The van der Waals surface area contributed by atoms with E-state index >= 15 is 0 Å². The molecule has 1 atom stereocenters. The number of benzene rings is 1. The van der Waals surface area contributed by atoms with Gasteiger partial charge in [0.25, 0.3) is 11.6 Å². The fourth-order valence-electron chi connectivity index (χ4n) is 2.53. The average molecular weight is 357 g/mol. The Kier molecular flexibility index (Phi) is 6.00. The van der Waals surface area contributed by atoms with Crippen molar-refractivity contribution < 1.29 is 19.6 Å². The van der Waals surface area contributed by atoms with Crippen LogP contribution in [0.2, 0.25) is 0 Å². The van der Waals surface area contributed by atoms with Gasteiger partial charge in [-0.3, -0.25) is 24.7 Å². The number of nitro groups is 1. The molecule has 1 aromatic heterocycles. The van der Waals surface area contributed by atoms with Gasteiger partial charge >= 0.3 is 5.97 Å². The predicted molar refractivity (Wildman–Crippen MR) is 94.0 cm³/mol. The molecule has 0 saturated heterocycles. The molecule has 1 unspecified atom stereocenters. The highest BCUT2D eigenvalue weighted by Gasteiger charge is 2.21. The molecule has 0 aliphatic heterocycles. The van der Waals surface area contributed by atoms with Crippen LogP contribution in [0, 0.1) is 29.9 Å². The topological polar surface area (TPSA) is 122 Å². The van der Waals surface area contributed by atoms with E-state index < -0.39 is 22.7 Å². The summed E-state index contributed by atoms with van der Waals surface area (Å²) in [6.45, 7) is 3.38. The van der Waals surface area contributed by atoms with E-state index in [0.717, 1.165) is 23.4 Å². The van der Waals surface area contributed by atoms with Crippen LogP contribution in [-0.2, 0) is 11.2 Å². The number of pyridine rings is 1. The highest BCUT2D eigenvalue weighted by molar-refractivity contribution is 5.96. The van der Waals surface area contributed by atoms with Crippen molar-refractivity contribution in [3.8, 4) is 0 Å². The standard InChI is InChI=1S/C18H19N3O5/c1-11-4-3-5-13(6-11)7-14(18(23)24)9-20-17(22)16-8-15(21(25)26)10-19-12(16)2/h3-6,8,10,14H,7,9H2,1-2H3,(H,20,22)(H,23,24). The van der Waals surface area contributed by atoms with Gasteiger partial charge in [-0.1, -0.05) is 29.8 Å². The molecule has 2 N–H and O–H groups in total. The number of amides is 1. The number of carboxylic acids is 1. The van der Waals surface area contributed by atoms with E-state index in [-0.39, 0.29) is 24.2 Å². The molecule has 8 nitrogen and oxygen atoms in total. The highest BCUT2D eigenvalue weighted by Crippen LogP contribution is 2.15. The SMILES string of the molecule is Cc1cccc(CC(CNC(=O)c2cc([N+](=O)[O-])cnc2C)C(=O)O)c1. The lowest BCUT2D eigenvalue weighted by molar-refractivity contribution is -0.385. The number of aromatic nitrogens is 1. The summed E-state index contributed by atoms with van der Waals surface area (Å²) in [4.78, 5) is 37.8. The Balaban J connectivity index is 2.09. The molecule has 0 bridgehead atoms. The van der Waals surface area contributed by atoms with Gasteiger partial charge in [-0.05, 0) is 25.8 Å². The lowest BCUT2D eigenvalue weighted by Crippen LogP contribution is -2.34. The summed E-state index contributed by atoms with van der Waals surface area (Å²) in [6.07, 6.45) is 1.34. The molecule has 26 heavy (non-hydrogen) atoms. The van der Waals surface area contributed by atoms with Gasteiger partial charge in [-0.15, -0.1) is 0 Å². The largest absolute Gasteiger partial charge is 0.481 e. The summed E-state index contributed by atoms with van der Waals surface area (Å²) in [7, 11) is 0. The number of carbonyl (C=O) groups is 2. The predicted octanol–water partition coefficient (Wildman–Crippen LogP) is 2.28. The zero-order chi connectivity index (χ0) is 19.3. The van der Waals surface area contributed by atoms with E-state index in [1.54, 1.807) is 6.92 Å². The van der Waals surface area contributed by atoms with Gasteiger partial charge in [0.2, 0.25) is 0 Å². The first-order valence-corrected chi connectivity index (χ1v) is 7.95. The highest BCUT2D eigenvalue weighted by atomic mass is 16.6. The second-order valence-electron chi connectivity index (χ2n) is 6.02. The van der Waals surface area contributed by atoms with Crippen molar-refractivity contribution in [3.63, 3.8) is 0 Å². The van der Waals surface area contributed by atoms with Gasteiger partial charge in [0.15, 0.2) is 0 Å². The van der Waals surface area contributed by atoms with Crippen LogP contribution in [0.25, 0.3) is 0 Å². The number of hydrogen-bond acceptors (Lipinski definition) is 5. The van der Waals surface area contributed by atoms with E-state index in [0.29, 0.717) is 5.69 Å². The molecule has 8 heteroatoms. The first-order valence-electron chi connectivity index (χ1n) is 7.95. The Hall–Kier alpha value is -3.29. The summed E-state index contributed by atoms with van der Waals surface area (Å²) >= 11 is 0. The van der Waals surface area contributed by atoms with Crippen LogP contribution in [0.5, 0.6) is 0 Å². The Bertz CT molecular complexity index is 850. The molecule has 1 amide bonds. The maximum atomic E-state index is 12.3. The minimum atomic E-state index is -1.03. The van der Waals surface area contributed by atoms with Crippen LogP contribution < -0.4 is 5.32 Å². The molecule has 0 aliphatic carbocycles. The van der Waals surface area contributed by atoms with Gasteiger partial charge in [-0.2, -0.15) is 0 Å². The summed E-state index contributed by atoms with van der Waals surface area (Å²) in [5, 5.41) is 22.8. The van der Waals surface area contributed by atoms with Crippen molar-refractivity contribution >= 4 is 17.6 Å². The van der Waals surface area contributed by atoms with Crippen LogP contribution in [0.15, 0.2) is 36.5 Å². The molecule has 0 fully saturated rings. The molecular weight excluding hydrogens is 338 g/mol. The zero-order valence-electron chi connectivity index (χ0n) is 14.4. The quantitative estimate of drug-likeness (QED) is 0.579. The first-order chi connectivity index (χ1) is 12.3. The first kappa shape index (κ1) is 19.0. The molecule has 0 radical (unpaired) electrons. The van der Waals surface area contributed by atoms with Crippen molar-refractivity contribution in [1.82, 2.24) is 10.3 Å². The summed E-state index contributed by atoms with van der Waals surface area (Å²) in [5.41, 5.74) is 1.97. The second kappa shape index (κ2) is 8.19. The van der Waals surface area contributed by atoms with Crippen molar-refractivity contribution in [3.05, 3.63) is 69.0 Å². The smallest absolute Gasteiger partial charge is 0.308 e. The third-order valence-corrected chi connectivity index (χ3v) is 3.95. The number of rotatable bonds is 7. The van der Waals surface area contributed by atoms with Crippen LogP contribution >= 0.6 is 0 Å². The van der Waals surface area contributed by atoms with Gasteiger partial charge < -0.3 is 10.4 Å². The fourth-order valence-corrected chi connectivity index (χ4v) is 2.53. The van der Waals surface area contributed by atoms with E-state index in [9.17, 15) is 24.8 Å². The molecule has 0 spiro atoms. The number of nitrogens with zero attached hydrogens (tertiary/aromatic N) is 2. The number of nitrogens with one attached hydrogen (secondary N) is 1. The number of aliphatic carboxylic acids is 1. The minimum Gasteiger partial charge on any atom is -0.481 e. The maximum absolute atomic E-state index is 12.3. The molecule has 0 saturated carbocycles. The summed E-state index contributed by atoms with van der Waals surface area (Å²) < 4.78 is 0. The average Bonchev–Trinajstić information content (AvgIpc) is 2.58. The van der Waals surface area contributed by atoms with Crippen LogP contribution in [0.3, 0.4) is 0 Å². The van der Waals surface area contributed by atoms with Gasteiger partial charge in [0, 0.05) is 12.6 Å². The fraction of sp³-hybridized carbons (Fsp3) is 0.278. The Morgan fingerprint density at radius 3 is 2.65 bits per heavy atom. The van der Waals surface area contributed by atoms with E-state index in [1.807, 2.05) is 31.2 Å². The van der Waals surface area contributed by atoms with Crippen LogP contribution in [0.1, 0.15) is 27.2 Å².